The van der Waals surface area contributed by atoms with Gasteiger partial charge in [-0.05, 0) is 19.9 Å². The Morgan fingerprint density at radius 1 is 1.62 bits per heavy atom. The van der Waals surface area contributed by atoms with Gasteiger partial charge in [-0.25, -0.2) is 0 Å². The number of rotatable bonds is 3. The number of amides is 1. The fourth-order valence-electron chi connectivity index (χ4n) is 1.90. The highest BCUT2D eigenvalue weighted by atomic mass is 19.4. The molecule has 1 aliphatic heterocycles. The summed E-state index contributed by atoms with van der Waals surface area (Å²) in [6.07, 6.45) is -4.52. The minimum Gasteiger partial charge on any atom is -0.353 e. The Labute approximate surface area is 92.0 Å². The fraction of sp³-hybridized carbons (Fsp3) is 0.889. The van der Waals surface area contributed by atoms with Crippen molar-refractivity contribution in [1.29, 1.82) is 0 Å². The zero-order chi connectivity index (χ0) is 12.3. The van der Waals surface area contributed by atoms with Crippen LogP contribution in [0.3, 0.4) is 0 Å². The van der Waals surface area contributed by atoms with Gasteiger partial charge in [0, 0.05) is 13.1 Å². The third-order valence-corrected chi connectivity index (χ3v) is 2.76. The zero-order valence-corrected chi connectivity index (χ0v) is 9.05. The van der Waals surface area contributed by atoms with Gasteiger partial charge in [-0.15, -0.1) is 0 Å². The molecule has 16 heavy (non-hydrogen) atoms. The van der Waals surface area contributed by atoms with Crippen LogP contribution in [0.15, 0.2) is 0 Å². The van der Waals surface area contributed by atoms with Gasteiger partial charge in [0.25, 0.3) is 0 Å². The highest BCUT2D eigenvalue weighted by Crippen LogP contribution is 2.28. The Balaban J connectivity index is 2.80. The van der Waals surface area contributed by atoms with Gasteiger partial charge < -0.3 is 11.1 Å². The number of hydrogen-bond acceptors (Lipinski definition) is 3. The molecule has 2 atom stereocenters. The van der Waals surface area contributed by atoms with Crippen LogP contribution in [-0.2, 0) is 4.79 Å². The molecule has 0 aromatic heterocycles. The maximum absolute atomic E-state index is 12.8. The van der Waals surface area contributed by atoms with E-state index in [0.29, 0.717) is 0 Å². The van der Waals surface area contributed by atoms with Crippen LogP contribution < -0.4 is 11.1 Å². The average molecular weight is 239 g/mol. The largest absolute Gasteiger partial charge is 0.404 e. The molecule has 1 saturated heterocycles. The van der Waals surface area contributed by atoms with E-state index in [4.69, 9.17) is 5.73 Å². The highest BCUT2D eigenvalue weighted by Gasteiger charge is 2.46. The Morgan fingerprint density at radius 3 is 2.75 bits per heavy atom. The van der Waals surface area contributed by atoms with E-state index in [2.05, 4.69) is 5.32 Å². The Hall–Kier alpha value is -0.820. The van der Waals surface area contributed by atoms with Crippen molar-refractivity contribution in [3.05, 3.63) is 0 Å². The molecule has 0 aromatic rings. The van der Waals surface area contributed by atoms with E-state index in [1.165, 1.54) is 11.8 Å². The van der Waals surface area contributed by atoms with E-state index >= 15 is 0 Å². The summed E-state index contributed by atoms with van der Waals surface area (Å²) in [6.45, 7) is 1.89. The maximum atomic E-state index is 12.8. The SMILES string of the molecule is CC1C(=O)NCCN1C(CCN)C(F)(F)F. The second-order valence-corrected chi connectivity index (χ2v) is 3.84. The molecule has 0 radical (unpaired) electrons. The van der Waals surface area contributed by atoms with Crippen molar-refractivity contribution < 1.29 is 18.0 Å². The van der Waals surface area contributed by atoms with Crippen molar-refractivity contribution in [1.82, 2.24) is 10.2 Å². The molecule has 94 valence electrons. The predicted molar refractivity (Wildman–Crippen MR) is 52.7 cm³/mol. The normalized spacial score (nSPS) is 25.3. The predicted octanol–water partition coefficient (Wildman–Crippen LogP) is 0.0864. The number of halogens is 3. The summed E-state index contributed by atoms with van der Waals surface area (Å²) in [5.74, 6) is -0.363. The van der Waals surface area contributed by atoms with E-state index in [1.54, 1.807) is 0 Å². The first-order valence-corrected chi connectivity index (χ1v) is 5.18. The lowest BCUT2D eigenvalue weighted by Crippen LogP contribution is -2.60. The van der Waals surface area contributed by atoms with Crippen molar-refractivity contribution >= 4 is 5.91 Å². The molecular weight excluding hydrogens is 223 g/mol. The van der Waals surface area contributed by atoms with Crippen molar-refractivity contribution in [2.45, 2.75) is 31.6 Å². The van der Waals surface area contributed by atoms with Crippen LogP contribution in [0.4, 0.5) is 13.2 Å². The molecule has 1 rings (SSSR count). The topological polar surface area (TPSA) is 58.4 Å². The van der Waals surface area contributed by atoms with Crippen molar-refractivity contribution in [2.75, 3.05) is 19.6 Å². The van der Waals surface area contributed by atoms with Crippen LogP contribution in [-0.4, -0.2) is 48.7 Å². The van der Waals surface area contributed by atoms with Gasteiger partial charge in [0.05, 0.1) is 6.04 Å². The molecule has 2 unspecified atom stereocenters. The minimum absolute atomic E-state index is 0.0466. The summed E-state index contributed by atoms with van der Waals surface area (Å²) in [5.41, 5.74) is 5.19. The summed E-state index contributed by atoms with van der Waals surface area (Å²) < 4.78 is 38.3. The maximum Gasteiger partial charge on any atom is 0.404 e. The lowest BCUT2D eigenvalue weighted by atomic mass is 10.1. The standard InChI is InChI=1S/C9H16F3N3O/c1-6-8(16)14-4-5-15(6)7(2-3-13)9(10,11)12/h6-7H,2-5,13H2,1H3,(H,14,16). The van der Waals surface area contributed by atoms with Gasteiger partial charge in [-0.1, -0.05) is 0 Å². The number of hydrogen-bond donors (Lipinski definition) is 2. The van der Waals surface area contributed by atoms with Crippen LogP contribution in [0.5, 0.6) is 0 Å². The zero-order valence-electron chi connectivity index (χ0n) is 9.05. The van der Waals surface area contributed by atoms with E-state index in [0.717, 1.165) is 0 Å². The van der Waals surface area contributed by atoms with Gasteiger partial charge in [0.1, 0.15) is 6.04 Å². The Bertz CT molecular complexity index is 257. The number of carbonyl (C=O) groups excluding carboxylic acids is 1. The highest BCUT2D eigenvalue weighted by molar-refractivity contribution is 5.82. The van der Waals surface area contributed by atoms with Crippen LogP contribution in [0.1, 0.15) is 13.3 Å². The van der Waals surface area contributed by atoms with E-state index in [1.807, 2.05) is 0 Å². The minimum atomic E-state index is -4.34. The van der Waals surface area contributed by atoms with Crippen molar-refractivity contribution in [3.63, 3.8) is 0 Å². The molecule has 1 amide bonds. The Kier molecular flexibility index (Phi) is 4.15. The van der Waals surface area contributed by atoms with E-state index < -0.39 is 18.3 Å². The van der Waals surface area contributed by atoms with Crippen molar-refractivity contribution in [2.24, 2.45) is 5.73 Å². The first-order chi connectivity index (χ1) is 7.38. The summed E-state index contributed by atoms with van der Waals surface area (Å²) >= 11 is 0. The second kappa shape index (κ2) is 5.01. The number of nitrogens with two attached hydrogens (primary N) is 1. The number of piperazine rings is 1. The molecular formula is C9H16F3N3O. The summed E-state index contributed by atoms with van der Waals surface area (Å²) in [5, 5.41) is 2.53. The lowest BCUT2D eigenvalue weighted by Gasteiger charge is -2.39. The first-order valence-electron chi connectivity index (χ1n) is 5.18. The third-order valence-electron chi connectivity index (χ3n) is 2.76. The molecule has 1 aliphatic rings. The first kappa shape index (κ1) is 13.2. The number of carbonyl (C=O) groups is 1. The summed E-state index contributed by atoms with van der Waals surface area (Å²) in [7, 11) is 0. The molecule has 0 aromatic carbocycles. The van der Waals surface area contributed by atoms with Gasteiger partial charge in [-0.3, -0.25) is 9.69 Å². The van der Waals surface area contributed by atoms with Crippen molar-refractivity contribution in [3.8, 4) is 0 Å². The average Bonchev–Trinajstić information content (AvgIpc) is 2.18. The van der Waals surface area contributed by atoms with Crippen LogP contribution in [0.25, 0.3) is 0 Å². The van der Waals surface area contributed by atoms with Gasteiger partial charge in [-0.2, -0.15) is 13.2 Å². The lowest BCUT2D eigenvalue weighted by molar-refractivity contribution is -0.193. The number of nitrogens with one attached hydrogen (secondary N) is 1. The Morgan fingerprint density at radius 2 is 2.25 bits per heavy atom. The number of nitrogens with zero attached hydrogens (tertiary/aromatic N) is 1. The summed E-state index contributed by atoms with van der Waals surface area (Å²) in [4.78, 5) is 12.5. The van der Waals surface area contributed by atoms with Gasteiger partial charge >= 0.3 is 6.18 Å². The second-order valence-electron chi connectivity index (χ2n) is 3.84. The molecule has 1 heterocycles. The quantitative estimate of drug-likeness (QED) is 0.733. The smallest absolute Gasteiger partial charge is 0.353 e. The molecule has 1 fully saturated rings. The molecule has 0 saturated carbocycles. The number of alkyl halides is 3. The van der Waals surface area contributed by atoms with Gasteiger partial charge in [0.15, 0.2) is 0 Å². The molecule has 7 heteroatoms. The van der Waals surface area contributed by atoms with E-state index in [-0.39, 0.29) is 32.0 Å². The monoisotopic (exact) mass is 239 g/mol. The third kappa shape index (κ3) is 2.85. The molecule has 0 bridgehead atoms. The van der Waals surface area contributed by atoms with Crippen LogP contribution in [0.2, 0.25) is 0 Å². The molecule has 3 N–H and O–H groups in total. The molecule has 0 spiro atoms. The fourth-order valence-corrected chi connectivity index (χ4v) is 1.90. The molecule has 4 nitrogen and oxygen atoms in total. The van der Waals surface area contributed by atoms with Crippen LogP contribution in [0, 0.1) is 0 Å². The summed E-state index contributed by atoms with van der Waals surface area (Å²) in [6, 6.07) is -2.38. The van der Waals surface area contributed by atoms with E-state index in [9.17, 15) is 18.0 Å². The van der Waals surface area contributed by atoms with Crippen LogP contribution >= 0.6 is 0 Å². The molecule has 0 aliphatic carbocycles. The van der Waals surface area contributed by atoms with Gasteiger partial charge in [0.2, 0.25) is 5.91 Å².